The second kappa shape index (κ2) is 4.92. The van der Waals surface area contributed by atoms with Crippen LogP contribution in [0.1, 0.15) is 16.8 Å². The van der Waals surface area contributed by atoms with Crippen LogP contribution in [0.5, 0.6) is 0 Å². The van der Waals surface area contributed by atoms with Gasteiger partial charge in [-0.15, -0.1) is 0 Å². The van der Waals surface area contributed by atoms with Gasteiger partial charge in [-0.05, 0) is 12.5 Å². The lowest BCUT2D eigenvalue weighted by Gasteiger charge is -2.10. The van der Waals surface area contributed by atoms with Crippen LogP contribution in [0.25, 0.3) is 0 Å². The van der Waals surface area contributed by atoms with Crippen LogP contribution < -0.4 is 5.32 Å². The molecular weight excluding hydrogens is 224 g/mol. The Morgan fingerprint density at radius 1 is 1.53 bits per heavy atom. The zero-order chi connectivity index (χ0) is 12.3. The summed E-state index contributed by atoms with van der Waals surface area (Å²) >= 11 is 0. The van der Waals surface area contributed by atoms with Crippen LogP contribution in [0, 0.1) is 10.1 Å². The van der Waals surface area contributed by atoms with Gasteiger partial charge in [0.1, 0.15) is 0 Å². The van der Waals surface area contributed by atoms with Gasteiger partial charge in [-0.3, -0.25) is 14.9 Å². The number of rotatable bonds is 3. The van der Waals surface area contributed by atoms with Crippen molar-refractivity contribution in [3.8, 4) is 0 Å². The number of non-ortho nitro benzene ring substituents is 1. The van der Waals surface area contributed by atoms with Gasteiger partial charge in [0.25, 0.3) is 11.6 Å². The van der Waals surface area contributed by atoms with Gasteiger partial charge in [0.05, 0.1) is 17.6 Å². The molecule has 1 aliphatic heterocycles. The molecule has 1 aromatic carbocycles. The number of hydrogen-bond donors (Lipinski definition) is 1. The average molecular weight is 236 g/mol. The molecule has 0 radical (unpaired) electrons. The van der Waals surface area contributed by atoms with Crippen molar-refractivity contribution < 1.29 is 14.5 Å². The Bertz CT molecular complexity index is 441. The van der Waals surface area contributed by atoms with E-state index in [4.69, 9.17) is 4.74 Å². The highest BCUT2D eigenvalue weighted by Crippen LogP contribution is 2.13. The zero-order valence-electron chi connectivity index (χ0n) is 9.09. The quantitative estimate of drug-likeness (QED) is 0.629. The smallest absolute Gasteiger partial charge is 0.270 e. The van der Waals surface area contributed by atoms with Gasteiger partial charge in [-0.1, -0.05) is 6.07 Å². The number of carbonyl (C=O) groups is 1. The van der Waals surface area contributed by atoms with E-state index in [0.717, 1.165) is 6.42 Å². The zero-order valence-corrected chi connectivity index (χ0v) is 9.09. The Morgan fingerprint density at radius 3 is 3.00 bits per heavy atom. The second-order valence-electron chi connectivity index (χ2n) is 3.84. The number of nitro benzene ring substituents is 1. The number of amides is 1. The molecule has 0 spiro atoms. The predicted octanol–water partition coefficient (Wildman–Crippen LogP) is 1.11. The molecule has 17 heavy (non-hydrogen) atoms. The summed E-state index contributed by atoms with van der Waals surface area (Å²) < 4.78 is 5.13. The maximum absolute atomic E-state index is 11.8. The molecule has 1 atom stereocenters. The van der Waals surface area contributed by atoms with Crippen molar-refractivity contribution in [3.05, 3.63) is 39.9 Å². The summed E-state index contributed by atoms with van der Waals surface area (Å²) in [5.41, 5.74) is 0.214. The topological polar surface area (TPSA) is 81.5 Å². The highest BCUT2D eigenvalue weighted by atomic mass is 16.6. The van der Waals surface area contributed by atoms with E-state index in [1.54, 1.807) is 6.07 Å². The van der Waals surface area contributed by atoms with Crippen LogP contribution >= 0.6 is 0 Å². The largest absolute Gasteiger partial charge is 0.379 e. The summed E-state index contributed by atoms with van der Waals surface area (Å²) in [7, 11) is 0. The molecule has 6 nitrogen and oxygen atoms in total. The predicted molar refractivity (Wildman–Crippen MR) is 59.8 cm³/mol. The molecule has 0 aliphatic carbocycles. The minimum absolute atomic E-state index is 0.00163. The summed E-state index contributed by atoms with van der Waals surface area (Å²) in [6.45, 7) is 1.14. The number of benzene rings is 1. The third-order valence-corrected chi connectivity index (χ3v) is 2.58. The van der Waals surface area contributed by atoms with Gasteiger partial charge in [-0.2, -0.15) is 0 Å². The molecule has 6 heteroatoms. The van der Waals surface area contributed by atoms with Gasteiger partial charge >= 0.3 is 0 Å². The maximum atomic E-state index is 11.8. The monoisotopic (exact) mass is 236 g/mol. The lowest BCUT2D eigenvalue weighted by molar-refractivity contribution is -0.384. The Hall–Kier alpha value is -1.95. The summed E-state index contributed by atoms with van der Waals surface area (Å²) in [6.07, 6.45) is 0.778. The molecule has 0 saturated carbocycles. The Labute approximate surface area is 97.7 Å². The maximum Gasteiger partial charge on any atom is 0.270 e. The lowest BCUT2D eigenvalue weighted by atomic mass is 10.1. The van der Waals surface area contributed by atoms with Crippen LogP contribution in [0.3, 0.4) is 0 Å². The number of nitrogens with zero attached hydrogens (tertiary/aromatic N) is 1. The van der Waals surface area contributed by atoms with E-state index in [-0.39, 0.29) is 17.6 Å². The fraction of sp³-hybridized carbons (Fsp3) is 0.364. The molecule has 1 aromatic rings. The molecule has 1 unspecified atom stereocenters. The number of ether oxygens (including phenoxy) is 1. The van der Waals surface area contributed by atoms with E-state index < -0.39 is 4.92 Å². The molecule has 90 valence electrons. The highest BCUT2D eigenvalue weighted by Gasteiger charge is 2.19. The second-order valence-corrected chi connectivity index (χ2v) is 3.84. The van der Waals surface area contributed by atoms with E-state index in [9.17, 15) is 14.9 Å². The SMILES string of the molecule is O=C(NC1CCOC1)c1cccc([N+](=O)[O-])c1. The van der Waals surface area contributed by atoms with E-state index >= 15 is 0 Å². The van der Waals surface area contributed by atoms with Crippen molar-refractivity contribution in [3.63, 3.8) is 0 Å². The molecule has 1 N–H and O–H groups in total. The van der Waals surface area contributed by atoms with Gasteiger partial charge in [-0.25, -0.2) is 0 Å². The van der Waals surface area contributed by atoms with Crippen LogP contribution in [0.15, 0.2) is 24.3 Å². The van der Waals surface area contributed by atoms with E-state index in [1.807, 2.05) is 0 Å². The van der Waals surface area contributed by atoms with Crippen LogP contribution in [0.2, 0.25) is 0 Å². The fourth-order valence-electron chi connectivity index (χ4n) is 1.68. The first-order chi connectivity index (χ1) is 8.16. The Kier molecular flexibility index (Phi) is 3.34. The van der Waals surface area contributed by atoms with Crippen molar-refractivity contribution in [2.75, 3.05) is 13.2 Å². The molecule has 1 fully saturated rings. The van der Waals surface area contributed by atoms with Crippen molar-refractivity contribution in [2.24, 2.45) is 0 Å². The minimum atomic E-state index is -0.518. The molecule has 0 bridgehead atoms. The number of nitro groups is 1. The van der Waals surface area contributed by atoms with Crippen molar-refractivity contribution >= 4 is 11.6 Å². The summed E-state index contributed by atoms with van der Waals surface area (Å²) in [4.78, 5) is 21.8. The summed E-state index contributed by atoms with van der Waals surface area (Å²) in [5.74, 6) is -0.302. The number of nitrogens with one attached hydrogen (secondary N) is 1. The standard InChI is InChI=1S/C11H12N2O4/c14-11(12-9-4-5-17-7-9)8-2-1-3-10(6-8)13(15)16/h1-3,6,9H,4-5,7H2,(H,12,14). The molecule has 1 aliphatic rings. The van der Waals surface area contributed by atoms with E-state index in [1.165, 1.54) is 18.2 Å². The van der Waals surface area contributed by atoms with Crippen molar-refractivity contribution in [1.29, 1.82) is 0 Å². The van der Waals surface area contributed by atoms with Gasteiger partial charge in [0.2, 0.25) is 0 Å². The van der Waals surface area contributed by atoms with Gasteiger partial charge < -0.3 is 10.1 Å². The van der Waals surface area contributed by atoms with Crippen molar-refractivity contribution in [2.45, 2.75) is 12.5 Å². The molecule has 1 heterocycles. The Morgan fingerprint density at radius 2 is 2.35 bits per heavy atom. The summed E-state index contributed by atoms with van der Waals surface area (Å²) in [6, 6.07) is 5.68. The van der Waals surface area contributed by atoms with Crippen LogP contribution in [-0.2, 0) is 4.74 Å². The number of hydrogen-bond acceptors (Lipinski definition) is 4. The molecular formula is C11H12N2O4. The molecule has 1 amide bonds. The summed E-state index contributed by atoms with van der Waals surface area (Å²) in [5, 5.41) is 13.3. The van der Waals surface area contributed by atoms with Gasteiger partial charge in [0.15, 0.2) is 0 Å². The minimum Gasteiger partial charge on any atom is -0.379 e. The van der Waals surface area contributed by atoms with Gasteiger partial charge in [0, 0.05) is 24.3 Å². The van der Waals surface area contributed by atoms with Crippen LogP contribution in [-0.4, -0.2) is 30.1 Å². The number of carbonyl (C=O) groups excluding carboxylic acids is 1. The third-order valence-electron chi connectivity index (χ3n) is 2.58. The first-order valence-corrected chi connectivity index (χ1v) is 5.30. The van der Waals surface area contributed by atoms with Crippen molar-refractivity contribution in [1.82, 2.24) is 5.32 Å². The molecule has 1 saturated heterocycles. The Balaban J connectivity index is 2.07. The third kappa shape index (κ3) is 2.79. The molecule has 0 aromatic heterocycles. The van der Waals surface area contributed by atoms with E-state index in [0.29, 0.717) is 18.8 Å². The normalized spacial score (nSPS) is 18.9. The lowest BCUT2D eigenvalue weighted by Crippen LogP contribution is -2.34. The first kappa shape index (κ1) is 11.5. The van der Waals surface area contributed by atoms with E-state index in [2.05, 4.69) is 5.32 Å². The molecule has 2 rings (SSSR count). The fourth-order valence-corrected chi connectivity index (χ4v) is 1.68. The highest BCUT2D eigenvalue weighted by molar-refractivity contribution is 5.95. The first-order valence-electron chi connectivity index (χ1n) is 5.30. The average Bonchev–Trinajstić information content (AvgIpc) is 2.82. The van der Waals surface area contributed by atoms with Crippen LogP contribution in [0.4, 0.5) is 5.69 Å².